The third-order valence-corrected chi connectivity index (χ3v) is 3.47. The number of nitrogens with one attached hydrogen (secondary N) is 1. The molecule has 15 heavy (non-hydrogen) atoms. The van der Waals surface area contributed by atoms with Crippen molar-refractivity contribution in [3.8, 4) is 0 Å². The van der Waals surface area contributed by atoms with Crippen LogP contribution in [0.2, 0.25) is 0 Å². The maximum Gasteiger partial charge on any atom is 0.279 e. The first-order valence-corrected chi connectivity index (χ1v) is 5.93. The molecule has 1 unspecified atom stereocenters. The van der Waals surface area contributed by atoms with Gasteiger partial charge in [0.25, 0.3) is 10.2 Å². The number of hydrogen-bond donors (Lipinski definition) is 3. The molecule has 0 amide bonds. The minimum absolute atomic E-state index is 0.00306. The van der Waals surface area contributed by atoms with E-state index >= 15 is 0 Å². The van der Waals surface area contributed by atoms with Crippen molar-refractivity contribution in [2.75, 3.05) is 14.1 Å². The number of nitrogens with zero attached hydrogens (tertiary/aromatic N) is 2. The molecular formula is C7H18N4O3S. The molecule has 8 heteroatoms. The van der Waals surface area contributed by atoms with E-state index in [0.29, 0.717) is 6.42 Å². The predicted octanol–water partition coefficient (Wildman–Crippen LogP) is -0.702. The molecule has 0 aromatic rings. The third kappa shape index (κ3) is 4.96. The second kappa shape index (κ2) is 5.89. The summed E-state index contributed by atoms with van der Waals surface area (Å²) in [6.07, 6.45) is 0.739. The summed E-state index contributed by atoms with van der Waals surface area (Å²) in [4.78, 5) is 0. The van der Waals surface area contributed by atoms with Crippen molar-refractivity contribution in [2.24, 2.45) is 10.9 Å². The molecule has 90 valence electrons. The average Bonchev–Trinajstić information content (AvgIpc) is 2.15. The van der Waals surface area contributed by atoms with E-state index in [4.69, 9.17) is 10.9 Å². The molecule has 0 radical (unpaired) electrons. The fourth-order valence-electron chi connectivity index (χ4n) is 0.879. The Hall–Kier alpha value is -0.860. The van der Waals surface area contributed by atoms with Crippen LogP contribution in [0.25, 0.3) is 0 Å². The van der Waals surface area contributed by atoms with E-state index in [1.165, 1.54) is 14.1 Å². The molecule has 0 aromatic heterocycles. The van der Waals surface area contributed by atoms with Crippen LogP contribution in [0, 0.1) is 0 Å². The normalized spacial score (nSPS) is 15.6. The molecule has 0 spiro atoms. The smallest absolute Gasteiger partial charge is 0.279 e. The minimum Gasteiger partial charge on any atom is -0.409 e. The van der Waals surface area contributed by atoms with Gasteiger partial charge in [-0.2, -0.15) is 17.4 Å². The molecule has 0 bridgehead atoms. The van der Waals surface area contributed by atoms with Crippen molar-refractivity contribution in [3.05, 3.63) is 0 Å². The van der Waals surface area contributed by atoms with Gasteiger partial charge in [0.05, 0.1) is 0 Å². The summed E-state index contributed by atoms with van der Waals surface area (Å²) < 4.78 is 26.4. The lowest BCUT2D eigenvalue weighted by Gasteiger charge is -2.19. The molecule has 1 atom stereocenters. The second-order valence-corrected chi connectivity index (χ2v) is 5.22. The van der Waals surface area contributed by atoms with E-state index < -0.39 is 10.2 Å². The highest BCUT2D eigenvalue weighted by atomic mass is 32.2. The predicted molar refractivity (Wildman–Crippen MR) is 57.8 cm³/mol. The summed E-state index contributed by atoms with van der Waals surface area (Å²) in [6.45, 7) is 1.81. The summed E-state index contributed by atoms with van der Waals surface area (Å²) in [5, 5.41) is 11.2. The van der Waals surface area contributed by atoms with Gasteiger partial charge in [-0.05, 0) is 6.42 Å². The summed E-state index contributed by atoms with van der Waals surface area (Å²) in [6, 6.07) is -0.367. The quantitative estimate of drug-likeness (QED) is 0.246. The van der Waals surface area contributed by atoms with Gasteiger partial charge in [-0.1, -0.05) is 12.1 Å². The zero-order chi connectivity index (χ0) is 12.1. The van der Waals surface area contributed by atoms with Crippen LogP contribution in [-0.4, -0.2) is 43.9 Å². The zero-order valence-corrected chi connectivity index (χ0v) is 9.95. The summed E-state index contributed by atoms with van der Waals surface area (Å²) in [5.41, 5.74) is 5.30. The van der Waals surface area contributed by atoms with Gasteiger partial charge in [-0.25, -0.2) is 0 Å². The number of nitrogens with two attached hydrogens (primary N) is 1. The number of oxime groups is 1. The number of rotatable bonds is 6. The third-order valence-electron chi connectivity index (χ3n) is 1.87. The highest BCUT2D eigenvalue weighted by molar-refractivity contribution is 7.87. The first kappa shape index (κ1) is 14.1. The molecule has 0 saturated heterocycles. The van der Waals surface area contributed by atoms with E-state index in [1.807, 2.05) is 6.92 Å². The van der Waals surface area contributed by atoms with Crippen molar-refractivity contribution >= 4 is 16.0 Å². The molecule has 0 heterocycles. The SMILES string of the molecule is CCC(CC(N)=NO)NS(=O)(=O)N(C)C. The maximum atomic E-state index is 11.4. The Morgan fingerprint density at radius 3 is 2.47 bits per heavy atom. The van der Waals surface area contributed by atoms with Gasteiger partial charge in [0.2, 0.25) is 0 Å². The highest BCUT2D eigenvalue weighted by Gasteiger charge is 2.19. The lowest BCUT2D eigenvalue weighted by atomic mass is 10.1. The Bertz CT molecular complexity index is 312. The van der Waals surface area contributed by atoms with Crippen LogP contribution in [0.5, 0.6) is 0 Å². The Morgan fingerprint density at radius 1 is 1.60 bits per heavy atom. The lowest BCUT2D eigenvalue weighted by Crippen LogP contribution is -2.43. The van der Waals surface area contributed by atoms with E-state index in [0.717, 1.165) is 4.31 Å². The van der Waals surface area contributed by atoms with Crippen molar-refractivity contribution < 1.29 is 13.6 Å². The van der Waals surface area contributed by atoms with Gasteiger partial charge < -0.3 is 10.9 Å². The Morgan fingerprint density at radius 2 is 2.13 bits per heavy atom. The monoisotopic (exact) mass is 238 g/mol. The van der Waals surface area contributed by atoms with Gasteiger partial charge in [0.1, 0.15) is 5.84 Å². The van der Waals surface area contributed by atoms with Crippen molar-refractivity contribution in [1.82, 2.24) is 9.03 Å². The first-order chi connectivity index (χ1) is 6.83. The van der Waals surface area contributed by atoms with Gasteiger partial charge in [-0.3, -0.25) is 0 Å². The fraction of sp³-hybridized carbons (Fsp3) is 0.857. The molecule has 0 aliphatic carbocycles. The minimum atomic E-state index is -3.47. The molecule has 0 rings (SSSR count). The molecule has 0 aliphatic rings. The zero-order valence-electron chi connectivity index (χ0n) is 9.14. The molecule has 0 aliphatic heterocycles. The largest absolute Gasteiger partial charge is 0.409 e. The number of amidine groups is 1. The number of hydrogen-bond acceptors (Lipinski definition) is 4. The molecule has 0 fully saturated rings. The summed E-state index contributed by atoms with van der Waals surface area (Å²) >= 11 is 0. The van der Waals surface area contributed by atoms with E-state index in [-0.39, 0.29) is 18.3 Å². The van der Waals surface area contributed by atoms with Crippen molar-refractivity contribution in [1.29, 1.82) is 0 Å². The molecule has 0 saturated carbocycles. The Balaban J connectivity index is 4.48. The van der Waals surface area contributed by atoms with Gasteiger partial charge in [-0.15, -0.1) is 0 Å². The topological polar surface area (TPSA) is 108 Å². The van der Waals surface area contributed by atoms with Crippen molar-refractivity contribution in [3.63, 3.8) is 0 Å². The van der Waals surface area contributed by atoms with Crippen LogP contribution >= 0.6 is 0 Å². The Labute approximate surface area is 90.1 Å². The first-order valence-electron chi connectivity index (χ1n) is 4.49. The van der Waals surface area contributed by atoms with Crippen molar-refractivity contribution in [2.45, 2.75) is 25.8 Å². The molecule has 0 aromatic carbocycles. The van der Waals surface area contributed by atoms with Gasteiger partial charge in [0.15, 0.2) is 0 Å². The molecular weight excluding hydrogens is 220 g/mol. The molecule has 7 nitrogen and oxygen atoms in total. The fourth-order valence-corrected chi connectivity index (χ4v) is 1.76. The van der Waals surface area contributed by atoms with Gasteiger partial charge >= 0.3 is 0 Å². The molecule has 4 N–H and O–H groups in total. The van der Waals surface area contributed by atoms with E-state index in [2.05, 4.69) is 9.88 Å². The van der Waals surface area contributed by atoms with Crippen LogP contribution < -0.4 is 10.5 Å². The standard InChI is InChI=1S/C7H18N4O3S/c1-4-6(5-7(8)9-12)10-15(13,14)11(2)3/h6,10,12H,4-5H2,1-3H3,(H2,8,9). The highest BCUT2D eigenvalue weighted by Crippen LogP contribution is 2.01. The Kier molecular flexibility index (Phi) is 5.55. The van der Waals surface area contributed by atoms with Crippen LogP contribution in [0.1, 0.15) is 19.8 Å². The van der Waals surface area contributed by atoms with Crippen LogP contribution in [0.4, 0.5) is 0 Å². The second-order valence-electron chi connectivity index (χ2n) is 3.31. The van der Waals surface area contributed by atoms with Crippen LogP contribution in [0.15, 0.2) is 5.16 Å². The van der Waals surface area contributed by atoms with Gasteiger partial charge in [0, 0.05) is 26.6 Å². The summed E-state index contributed by atoms with van der Waals surface area (Å²) in [5.74, 6) is 0.00306. The lowest BCUT2D eigenvalue weighted by molar-refractivity contribution is 0.316. The van der Waals surface area contributed by atoms with E-state index in [9.17, 15) is 8.42 Å². The average molecular weight is 238 g/mol. The van der Waals surface area contributed by atoms with E-state index in [1.54, 1.807) is 0 Å². The van der Waals surface area contributed by atoms with Crippen LogP contribution in [-0.2, 0) is 10.2 Å². The van der Waals surface area contributed by atoms with Crippen LogP contribution in [0.3, 0.4) is 0 Å². The maximum absolute atomic E-state index is 11.4. The summed E-state index contributed by atoms with van der Waals surface area (Å²) in [7, 11) is -0.614.